The van der Waals surface area contributed by atoms with Gasteiger partial charge in [0.25, 0.3) is 5.91 Å². The van der Waals surface area contributed by atoms with Crippen molar-refractivity contribution in [2.24, 2.45) is 0 Å². The molecule has 3 rings (SSSR count). The zero-order valence-corrected chi connectivity index (χ0v) is 14.7. The number of benzene rings is 1. The van der Waals surface area contributed by atoms with Crippen LogP contribution >= 0.6 is 0 Å². The lowest BCUT2D eigenvalue weighted by Crippen LogP contribution is -2.27. The zero-order valence-electron chi connectivity index (χ0n) is 13.8. The van der Waals surface area contributed by atoms with E-state index in [0.29, 0.717) is 12.2 Å². The number of anilines is 1. The third-order valence-electron chi connectivity index (χ3n) is 4.12. The fraction of sp³-hybridized carbons (Fsp3) is 0.353. The summed E-state index contributed by atoms with van der Waals surface area (Å²) >= 11 is 0. The Labute approximate surface area is 146 Å². The van der Waals surface area contributed by atoms with Gasteiger partial charge in [-0.3, -0.25) is 4.79 Å². The van der Waals surface area contributed by atoms with Crippen molar-refractivity contribution in [1.82, 2.24) is 15.3 Å². The average molecular weight is 360 g/mol. The normalized spacial score (nSPS) is 20.0. The molecule has 1 fully saturated rings. The summed E-state index contributed by atoms with van der Waals surface area (Å²) in [6, 6.07) is 9.35. The molecule has 1 aromatic carbocycles. The molecule has 1 amide bonds. The number of sulfone groups is 1. The van der Waals surface area contributed by atoms with E-state index in [-0.39, 0.29) is 35.2 Å². The van der Waals surface area contributed by atoms with Crippen LogP contribution < -0.4 is 10.6 Å². The number of nitrogens with one attached hydrogen (secondary N) is 2. The van der Waals surface area contributed by atoms with Gasteiger partial charge in [-0.15, -0.1) is 0 Å². The van der Waals surface area contributed by atoms with E-state index >= 15 is 0 Å². The minimum Gasteiger partial charge on any atom is -0.365 e. The average Bonchev–Trinajstić information content (AvgIpc) is 2.94. The molecule has 1 aromatic heterocycles. The number of carbonyl (C=O) groups excluding carboxylic acids is 1. The van der Waals surface area contributed by atoms with Gasteiger partial charge in [-0.05, 0) is 18.9 Å². The molecule has 1 aliphatic heterocycles. The van der Waals surface area contributed by atoms with Crippen LogP contribution in [0.25, 0.3) is 0 Å². The van der Waals surface area contributed by atoms with Crippen molar-refractivity contribution in [3.63, 3.8) is 0 Å². The van der Waals surface area contributed by atoms with Crippen LogP contribution in [0.5, 0.6) is 0 Å². The topological polar surface area (TPSA) is 101 Å². The molecule has 0 saturated carbocycles. The van der Waals surface area contributed by atoms with Gasteiger partial charge in [0.1, 0.15) is 11.5 Å². The molecule has 1 aliphatic rings. The largest absolute Gasteiger partial charge is 0.365 e. The van der Waals surface area contributed by atoms with Crippen molar-refractivity contribution in [3.05, 3.63) is 54.0 Å². The van der Waals surface area contributed by atoms with Crippen LogP contribution in [0, 0.1) is 0 Å². The van der Waals surface area contributed by atoms with Crippen molar-refractivity contribution in [1.29, 1.82) is 0 Å². The number of rotatable bonds is 5. The van der Waals surface area contributed by atoms with Gasteiger partial charge in [-0.1, -0.05) is 30.3 Å². The summed E-state index contributed by atoms with van der Waals surface area (Å²) in [6.07, 6.45) is 3.40. The maximum Gasteiger partial charge on any atom is 0.271 e. The number of amides is 1. The highest BCUT2D eigenvalue weighted by molar-refractivity contribution is 7.91. The van der Waals surface area contributed by atoms with E-state index < -0.39 is 9.84 Å². The highest BCUT2D eigenvalue weighted by Gasteiger charge is 2.28. The van der Waals surface area contributed by atoms with Crippen LogP contribution in [0.3, 0.4) is 0 Å². The summed E-state index contributed by atoms with van der Waals surface area (Å²) in [6.45, 7) is 1.90. The smallest absolute Gasteiger partial charge is 0.271 e. The van der Waals surface area contributed by atoms with E-state index in [2.05, 4.69) is 20.6 Å². The highest BCUT2D eigenvalue weighted by atomic mass is 32.2. The van der Waals surface area contributed by atoms with Crippen LogP contribution in [0.15, 0.2) is 42.7 Å². The van der Waals surface area contributed by atoms with Gasteiger partial charge < -0.3 is 10.6 Å². The fourth-order valence-corrected chi connectivity index (χ4v) is 4.41. The van der Waals surface area contributed by atoms with Crippen molar-refractivity contribution < 1.29 is 13.2 Å². The van der Waals surface area contributed by atoms with Gasteiger partial charge >= 0.3 is 0 Å². The van der Waals surface area contributed by atoms with Gasteiger partial charge in [0.15, 0.2) is 9.84 Å². The molecule has 1 saturated heterocycles. The van der Waals surface area contributed by atoms with Crippen LogP contribution in [-0.2, 0) is 9.84 Å². The van der Waals surface area contributed by atoms with Crippen molar-refractivity contribution in [2.45, 2.75) is 25.4 Å². The van der Waals surface area contributed by atoms with Crippen LogP contribution in [0.1, 0.15) is 35.4 Å². The predicted octanol–water partition coefficient (Wildman–Crippen LogP) is 1.57. The van der Waals surface area contributed by atoms with Gasteiger partial charge in [0.2, 0.25) is 0 Å². The Morgan fingerprint density at radius 3 is 2.56 bits per heavy atom. The number of nitrogens with zero attached hydrogens (tertiary/aromatic N) is 2. The van der Waals surface area contributed by atoms with Crippen LogP contribution in [0.2, 0.25) is 0 Å². The summed E-state index contributed by atoms with van der Waals surface area (Å²) in [5.41, 5.74) is 1.22. The third kappa shape index (κ3) is 4.54. The number of hydrogen-bond acceptors (Lipinski definition) is 6. The second-order valence-electron chi connectivity index (χ2n) is 6.14. The van der Waals surface area contributed by atoms with E-state index in [0.717, 1.165) is 5.56 Å². The molecule has 25 heavy (non-hydrogen) atoms. The molecule has 2 aromatic rings. The Hall–Kier alpha value is -2.48. The molecular formula is C17H20N4O3S. The van der Waals surface area contributed by atoms with Gasteiger partial charge in [0.05, 0.1) is 29.9 Å². The van der Waals surface area contributed by atoms with Crippen molar-refractivity contribution in [2.75, 3.05) is 16.8 Å². The lowest BCUT2D eigenvalue weighted by atomic mass is 10.1. The van der Waals surface area contributed by atoms with Gasteiger partial charge in [0, 0.05) is 6.04 Å². The first-order valence-corrected chi connectivity index (χ1v) is 9.90. The minimum atomic E-state index is -2.95. The van der Waals surface area contributed by atoms with E-state index in [9.17, 15) is 13.2 Å². The molecule has 0 spiro atoms. The van der Waals surface area contributed by atoms with E-state index in [4.69, 9.17) is 0 Å². The van der Waals surface area contributed by atoms with Crippen molar-refractivity contribution in [3.8, 4) is 0 Å². The molecule has 7 nitrogen and oxygen atoms in total. The first-order chi connectivity index (χ1) is 11.9. The standard InChI is InChI=1S/C17H20N4O3S/c1-12(13-5-3-2-4-6-13)20-17(22)15-9-19-16(10-18-15)21-14-7-8-25(23,24)11-14/h2-6,9-10,12,14H,7-8,11H2,1H3,(H,19,21)(H,20,22). The molecule has 0 aliphatic carbocycles. The number of hydrogen-bond donors (Lipinski definition) is 2. The lowest BCUT2D eigenvalue weighted by molar-refractivity contribution is 0.0934. The van der Waals surface area contributed by atoms with Crippen LogP contribution in [0.4, 0.5) is 5.82 Å². The van der Waals surface area contributed by atoms with Gasteiger partial charge in [-0.2, -0.15) is 0 Å². The Morgan fingerprint density at radius 2 is 1.96 bits per heavy atom. The van der Waals surface area contributed by atoms with E-state index in [1.165, 1.54) is 12.4 Å². The Kier molecular flexibility index (Phi) is 4.98. The summed E-state index contributed by atoms with van der Waals surface area (Å²) in [5.74, 6) is 0.454. The first-order valence-electron chi connectivity index (χ1n) is 8.08. The fourth-order valence-electron chi connectivity index (χ4n) is 2.73. The second-order valence-corrected chi connectivity index (χ2v) is 8.37. The first kappa shape index (κ1) is 17.3. The predicted molar refractivity (Wildman–Crippen MR) is 95.0 cm³/mol. The number of aromatic nitrogens is 2. The molecule has 2 unspecified atom stereocenters. The minimum absolute atomic E-state index is 0.103. The Balaban J connectivity index is 1.59. The van der Waals surface area contributed by atoms with E-state index in [1.807, 2.05) is 37.3 Å². The quantitative estimate of drug-likeness (QED) is 0.839. The second kappa shape index (κ2) is 7.18. The Morgan fingerprint density at radius 1 is 1.20 bits per heavy atom. The maximum absolute atomic E-state index is 12.3. The van der Waals surface area contributed by atoms with Crippen molar-refractivity contribution >= 4 is 21.6 Å². The SMILES string of the molecule is CC(NC(=O)c1cnc(NC2CCS(=O)(=O)C2)cn1)c1ccccc1. The highest BCUT2D eigenvalue weighted by Crippen LogP contribution is 2.16. The molecular weight excluding hydrogens is 340 g/mol. The molecule has 2 N–H and O–H groups in total. The van der Waals surface area contributed by atoms with Gasteiger partial charge in [-0.25, -0.2) is 18.4 Å². The molecule has 132 valence electrons. The molecule has 2 atom stereocenters. The zero-order chi connectivity index (χ0) is 17.9. The monoisotopic (exact) mass is 360 g/mol. The summed E-state index contributed by atoms with van der Waals surface area (Å²) in [4.78, 5) is 20.5. The Bertz CT molecular complexity index is 838. The van der Waals surface area contributed by atoms with Crippen LogP contribution in [-0.4, -0.2) is 41.8 Å². The molecule has 0 bridgehead atoms. The molecule has 2 heterocycles. The lowest BCUT2D eigenvalue weighted by Gasteiger charge is -2.14. The summed E-state index contributed by atoms with van der Waals surface area (Å²) in [5, 5.41) is 5.92. The molecule has 0 radical (unpaired) electrons. The van der Waals surface area contributed by atoms with E-state index in [1.54, 1.807) is 0 Å². The third-order valence-corrected chi connectivity index (χ3v) is 5.88. The number of carbonyl (C=O) groups is 1. The summed E-state index contributed by atoms with van der Waals surface area (Å²) < 4.78 is 22.9. The molecule has 8 heteroatoms. The summed E-state index contributed by atoms with van der Waals surface area (Å²) in [7, 11) is -2.95. The maximum atomic E-state index is 12.3.